The fourth-order valence-corrected chi connectivity index (χ4v) is 3.60. The van der Waals surface area contributed by atoms with Crippen molar-refractivity contribution >= 4 is 5.69 Å². The van der Waals surface area contributed by atoms with Crippen LogP contribution in [0.1, 0.15) is 33.3 Å². The Hall–Kier alpha value is -1.96. The molecule has 2 heterocycles. The summed E-state index contributed by atoms with van der Waals surface area (Å²) in [4.78, 5) is 2.26. The molecule has 110 valence electrons. The van der Waals surface area contributed by atoms with Gasteiger partial charge in [-0.3, -0.25) is 0 Å². The molecule has 2 aliphatic rings. The monoisotopic (exact) mass is 281 g/mol. The summed E-state index contributed by atoms with van der Waals surface area (Å²) >= 11 is 0. The van der Waals surface area contributed by atoms with Crippen LogP contribution in [0.15, 0.2) is 59.9 Å². The summed E-state index contributed by atoms with van der Waals surface area (Å²) in [5.41, 5.74) is 3.15. The van der Waals surface area contributed by atoms with Crippen molar-refractivity contribution < 1.29 is 4.74 Å². The summed E-state index contributed by atoms with van der Waals surface area (Å²) in [5, 5.41) is 0. The Balaban J connectivity index is 2.12. The molecule has 0 N–H and O–H groups in total. The largest absolute Gasteiger partial charge is 0.467 e. The second kappa shape index (κ2) is 4.52. The Kier molecular flexibility index (Phi) is 3.01. The van der Waals surface area contributed by atoms with Crippen LogP contribution < -0.4 is 4.90 Å². The average molecular weight is 281 g/mol. The van der Waals surface area contributed by atoms with Crippen molar-refractivity contribution in [3.8, 4) is 0 Å². The third-order valence-corrected chi connectivity index (χ3v) is 4.88. The fourth-order valence-electron chi connectivity index (χ4n) is 3.60. The lowest BCUT2D eigenvalue weighted by Crippen LogP contribution is -2.55. The van der Waals surface area contributed by atoms with Gasteiger partial charge in [-0.2, -0.15) is 0 Å². The van der Waals surface area contributed by atoms with Crippen LogP contribution in [0.25, 0.3) is 0 Å². The first-order valence-electron chi connectivity index (χ1n) is 7.49. The number of fused-ring (bicyclic) bond motifs is 1. The van der Waals surface area contributed by atoms with Gasteiger partial charge in [0.05, 0.1) is 5.41 Å². The maximum atomic E-state index is 6.48. The number of benzene rings is 1. The zero-order chi connectivity index (χ0) is 15.3. The van der Waals surface area contributed by atoms with Crippen LogP contribution in [0.3, 0.4) is 0 Å². The molecule has 2 heteroatoms. The average Bonchev–Trinajstić information content (AvgIpc) is 2.62. The molecule has 2 nitrogen and oxygen atoms in total. The molecule has 21 heavy (non-hydrogen) atoms. The highest BCUT2D eigenvalue weighted by Gasteiger charge is 2.57. The van der Waals surface area contributed by atoms with Gasteiger partial charge in [0.25, 0.3) is 0 Å². The third kappa shape index (κ3) is 1.71. The number of nitrogens with zero attached hydrogens (tertiary/aromatic N) is 1. The molecule has 1 atom stereocenters. The molecule has 1 aromatic carbocycles. The molecule has 1 aromatic rings. The molecule has 0 saturated heterocycles. The number of hydrogen-bond acceptors (Lipinski definition) is 2. The van der Waals surface area contributed by atoms with Crippen LogP contribution >= 0.6 is 0 Å². The van der Waals surface area contributed by atoms with Gasteiger partial charge >= 0.3 is 0 Å². The first-order valence-corrected chi connectivity index (χ1v) is 7.49. The van der Waals surface area contributed by atoms with Gasteiger partial charge in [-0.15, -0.1) is 0 Å². The second-order valence-electron chi connectivity index (χ2n) is 6.34. The molecule has 1 unspecified atom stereocenters. The highest BCUT2D eigenvalue weighted by molar-refractivity contribution is 5.67. The van der Waals surface area contributed by atoms with Gasteiger partial charge in [0.15, 0.2) is 0 Å². The quantitative estimate of drug-likeness (QED) is 0.749. The Labute approximate surface area is 127 Å². The molecule has 0 saturated carbocycles. The van der Waals surface area contributed by atoms with E-state index in [-0.39, 0.29) is 5.41 Å². The van der Waals surface area contributed by atoms with E-state index in [4.69, 9.17) is 4.74 Å². The van der Waals surface area contributed by atoms with E-state index in [9.17, 15) is 0 Å². The Morgan fingerprint density at radius 2 is 1.90 bits per heavy atom. The molecule has 0 aliphatic carbocycles. The van der Waals surface area contributed by atoms with E-state index in [2.05, 4.69) is 68.3 Å². The van der Waals surface area contributed by atoms with Crippen molar-refractivity contribution in [1.82, 2.24) is 0 Å². The minimum atomic E-state index is -0.453. The van der Waals surface area contributed by atoms with Crippen LogP contribution in [0.4, 0.5) is 5.69 Å². The van der Waals surface area contributed by atoms with E-state index in [1.165, 1.54) is 11.3 Å². The fraction of sp³-hybridized carbons (Fsp3) is 0.368. The smallest absolute Gasteiger partial charge is 0.211 e. The molecule has 2 aliphatic heterocycles. The standard InChI is InChI=1S/C19H23NO/c1-6-9-15-12-13-19(21-14(15)2)18(3,4)16-10-7-8-11-17(16)20(19)5/h6-13H,1-5H3/b9-6-. The maximum absolute atomic E-state index is 6.48. The minimum Gasteiger partial charge on any atom is -0.467 e. The predicted molar refractivity (Wildman–Crippen MR) is 88.3 cm³/mol. The second-order valence-corrected chi connectivity index (χ2v) is 6.34. The lowest BCUT2D eigenvalue weighted by molar-refractivity contribution is -0.00531. The first kappa shape index (κ1) is 14.0. The number of rotatable bonds is 1. The summed E-state index contributed by atoms with van der Waals surface area (Å²) in [6, 6.07) is 8.57. The highest BCUT2D eigenvalue weighted by atomic mass is 16.5. The molecule has 0 fully saturated rings. The lowest BCUT2D eigenvalue weighted by atomic mass is 9.76. The van der Waals surface area contributed by atoms with Gasteiger partial charge in [0, 0.05) is 18.3 Å². The normalized spacial score (nSPS) is 26.6. The van der Waals surface area contributed by atoms with Crippen molar-refractivity contribution in [3.05, 3.63) is 65.5 Å². The molecule has 0 aromatic heterocycles. The molecule has 0 radical (unpaired) electrons. The Morgan fingerprint density at radius 1 is 1.19 bits per heavy atom. The lowest BCUT2D eigenvalue weighted by Gasteiger charge is -2.46. The topological polar surface area (TPSA) is 12.5 Å². The zero-order valence-electron chi connectivity index (χ0n) is 13.5. The van der Waals surface area contributed by atoms with E-state index in [0.717, 1.165) is 11.3 Å². The zero-order valence-corrected chi connectivity index (χ0v) is 13.5. The number of allylic oxidation sites excluding steroid dienone is 5. The summed E-state index contributed by atoms with van der Waals surface area (Å²) in [5.74, 6) is 0.975. The number of para-hydroxylation sites is 1. The Morgan fingerprint density at radius 3 is 2.52 bits per heavy atom. The van der Waals surface area contributed by atoms with Gasteiger partial charge in [-0.05, 0) is 51.5 Å². The Bertz CT molecular complexity index is 666. The van der Waals surface area contributed by atoms with E-state index >= 15 is 0 Å². The van der Waals surface area contributed by atoms with E-state index in [0.29, 0.717) is 0 Å². The van der Waals surface area contributed by atoms with Gasteiger partial charge in [0.2, 0.25) is 5.72 Å². The molecular formula is C19H23NO. The van der Waals surface area contributed by atoms with Crippen molar-refractivity contribution in [2.45, 2.75) is 38.8 Å². The van der Waals surface area contributed by atoms with Crippen LogP contribution in [0.5, 0.6) is 0 Å². The van der Waals surface area contributed by atoms with Gasteiger partial charge in [0.1, 0.15) is 5.76 Å². The summed E-state index contributed by atoms with van der Waals surface area (Å²) < 4.78 is 6.48. The molecule has 1 spiro atoms. The van der Waals surface area contributed by atoms with E-state index < -0.39 is 5.72 Å². The summed E-state index contributed by atoms with van der Waals surface area (Å²) in [6.45, 7) is 8.59. The number of ether oxygens (including phenoxy) is 1. The van der Waals surface area contributed by atoms with E-state index in [1.807, 2.05) is 19.9 Å². The van der Waals surface area contributed by atoms with Gasteiger partial charge < -0.3 is 9.64 Å². The van der Waals surface area contributed by atoms with Crippen LogP contribution in [-0.2, 0) is 10.2 Å². The van der Waals surface area contributed by atoms with Crippen LogP contribution in [0, 0.1) is 0 Å². The van der Waals surface area contributed by atoms with Crippen LogP contribution in [0.2, 0.25) is 0 Å². The summed E-state index contributed by atoms with van der Waals surface area (Å²) in [7, 11) is 2.12. The van der Waals surface area contributed by atoms with Gasteiger partial charge in [-0.1, -0.05) is 30.4 Å². The molecule has 3 rings (SSSR count). The number of likely N-dealkylation sites (N-methyl/N-ethyl adjacent to an activating group) is 1. The highest BCUT2D eigenvalue weighted by Crippen LogP contribution is 2.54. The number of hydrogen-bond donors (Lipinski definition) is 0. The van der Waals surface area contributed by atoms with Crippen molar-refractivity contribution in [3.63, 3.8) is 0 Å². The van der Waals surface area contributed by atoms with Crippen LogP contribution in [-0.4, -0.2) is 12.8 Å². The number of anilines is 1. The molecule has 0 amide bonds. The SMILES string of the molecule is C/C=C\C1=C(C)OC2(C=C1)N(C)c1ccccc1C2(C)C. The molecular weight excluding hydrogens is 258 g/mol. The summed E-state index contributed by atoms with van der Waals surface area (Å²) in [6.07, 6.45) is 8.52. The van der Waals surface area contributed by atoms with Crippen molar-refractivity contribution in [2.75, 3.05) is 11.9 Å². The van der Waals surface area contributed by atoms with Gasteiger partial charge in [-0.25, -0.2) is 0 Å². The van der Waals surface area contributed by atoms with Crippen molar-refractivity contribution in [1.29, 1.82) is 0 Å². The maximum Gasteiger partial charge on any atom is 0.211 e. The van der Waals surface area contributed by atoms with E-state index in [1.54, 1.807) is 0 Å². The predicted octanol–water partition coefficient (Wildman–Crippen LogP) is 4.55. The molecule has 0 bridgehead atoms. The third-order valence-electron chi connectivity index (χ3n) is 4.88. The minimum absolute atomic E-state index is 0.114. The first-order chi connectivity index (χ1) is 9.94. The van der Waals surface area contributed by atoms with Crippen molar-refractivity contribution in [2.24, 2.45) is 0 Å².